The summed E-state index contributed by atoms with van der Waals surface area (Å²) < 4.78 is 39.0. The Labute approximate surface area is 140 Å². The molecule has 0 saturated heterocycles. The van der Waals surface area contributed by atoms with Gasteiger partial charge in [0.25, 0.3) is 0 Å². The van der Waals surface area contributed by atoms with Gasteiger partial charge in [0.05, 0.1) is 16.8 Å². The quantitative estimate of drug-likeness (QED) is 0.657. The second-order valence-corrected chi connectivity index (χ2v) is 5.24. The van der Waals surface area contributed by atoms with E-state index in [-0.39, 0.29) is 23.0 Å². The molecule has 0 aliphatic rings. The Morgan fingerprint density at radius 2 is 1.64 bits per heavy atom. The third-order valence-corrected chi connectivity index (χ3v) is 3.49. The topological polar surface area (TPSA) is 117 Å². The summed E-state index contributed by atoms with van der Waals surface area (Å²) in [4.78, 5) is 11.9. The second-order valence-electron chi connectivity index (χ2n) is 5.24. The van der Waals surface area contributed by atoms with Gasteiger partial charge in [0.15, 0.2) is 0 Å². The first-order valence-corrected chi connectivity index (χ1v) is 7.08. The van der Waals surface area contributed by atoms with Crippen molar-refractivity contribution >= 4 is 17.6 Å². The van der Waals surface area contributed by atoms with Crippen LogP contribution in [-0.4, -0.2) is 15.0 Å². The molecule has 0 amide bonds. The minimum atomic E-state index is -4.48. The molecule has 25 heavy (non-hydrogen) atoms. The smallest absolute Gasteiger partial charge is 0.384 e. The average molecular weight is 346 g/mol. The van der Waals surface area contributed by atoms with E-state index in [0.717, 1.165) is 12.1 Å². The van der Waals surface area contributed by atoms with Crippen LogP contribution in [0.5, 0.6) is 0 Å². The standard InChI is InChI=1S/C16H13F3N6/c17-16(18,19)10-3-1-2-8(6-10)13-12(14(21)25-15(22)24-13)9-4-5-11(20)23-7-9/h1-7H,(H2,20,23)(H4,21,22,24,25). The molecule has 0 aliphatic heterocycles. The van der Waals surface area contributed by atoms with Crippen molar-refractivity contribution in [2.45, 2.75) is 6.18 Å². The molecule has 0 spiro atoms. The Bertz CT molecular complexity index is 922. The number of alkyl halides is 3. The summed E-state index contributed by atoms with van der Waals surface area (Å²) >= 11 is 0. The molecule has 0 saturated carbocycles. The predicted octanol–water partition coefficient (Wildman–Crippen LogP) is 2.97. The number of hydrogen-bond donors (Lipinski definition) is 3. The van der Waals surface area contributed by atoms with Gasteiger partial charge in [-0.3, -0.25) is 0 Å². The van der Waals surface area contributed by atoms with E-state index < -0.39 is 11.7 Å². The molecule has 3 rings (SSSR count). The monoisotopic (exact) mass is 346 g/mol. The fourth-order valence-electron chi connectivity index (χ4n) is 2.39. The maximum absolute atomic E-state index is 13.0. The van der Waals surface area contributed by atoms with Gasteiger partial charge in [0, 0.05) is 17.3 Å². The molecule has 0 aliphatic carbocycles. The summed E-state index contributed by atoms with van der Waals surface area (Å²) in [6.45, 7) is 0. The molecule has 0 atom stereocenters. The summed E-state index contributed by atoms with van der Waals surface area (Å²) in [5.74, 6) is 0.183. The van der Waals surface area contributed by atoms with Gasteiger partial charge in [-0.1, -0.05) is 12.1 Å². The van der Waals surface area contributed by atoms with Gasteiger partial charge in [-0.2, -0.15) is 18.2 Å². The highest BCUT2D eigenvalue weighted by Gasteiger charge is 2.31. The molecule has 6 N–H and O–H groups in total. The largest absolute Gasteiger partial charge is 0.416 e. The molecule has 128 valence electrons. The lowest BCUT2D eigenvalue weighted by atomic mass is 9.99. The zero-order chi connectivity index (χ0) is 18.2. The van der Waals surface area contributed by atoms with E-state index in [1.54, 1.807) is 12.1 Å². The lowest BCUT2D eigenvalue weighted by Crippen LogP contribution is -2.07. The highest BCUT2D eigenvalue weighted by molar-refractivity contribution is 5.88. The van der Waals surface area contributed by atoms with Gasteiger partial charge in [-0.25, -0.2) is 9.97 Å². The van der Waals surface area contributed by atoms with Crippen molar-refractivity contribution in [3.05, 3.63) is 48.2 Å². The van der Waals surface area contributed by atoms with Crippen molar-refractivity contribution < 1.29 is 13.2 Å². The maximum atomic E-state index is 13.0. The second kappa shape index (κ2) is 5.93. The molecule has 0 unspecified atom stereocenters. The number of nitrogen functional groups attached to an aromatic ring is 3. The molecule has 6 nitrogen and oxygen atoms in total. The van der Waals surface area contributed by atoms with E-state index in [1.807, 2.05) is 0 Å². The number of anilines is 3. The lowest BCUT2D eigenvalue weighted by Gasteiger charge is -2.14. The summed E-state index contributed by atoms with van der Waals surface area (Å²) in [7, 11) is 0. The van der Waals surface area contributed by atoms with Crippen LogP contribution in [0.3, 0.4) is 0 Å². The van der Waals surface area contributed by atoms with Crippen molar-refractivity contribution in [2.24, 2.45) is 0 Å². The number of aromatic nitrogens is 3. The van der Waals surface area contributed by atoms with Crippen LogP contribution in [-0.2, 0) is 6.18 Å². The zero-order valence-electron chi connectivity index (χ0n) is 12.7. The van der Waals surface area contributed by atoms with Crippen LogP contribution < -0.4 is 17.2 Å². The van der Waals surface area contributed by atoms with Crippen LogP contribution in [0.25, 0.3) is 22.4 Å². The first-order valence-electron chi connectivity index (χ1n) is 7.08. The van der Waals surface area contributed by atoms with Crippen molar-refractivity contribution in [1.82, 2.24) is 15.0 Å². The summed E-state index contributed by atoms with van der Waals surface area (Å²) in [6, 6.07) is 7.91. The Kier molecular flexibility index (Phi) is 3.91. The molecule has 2 heterocycles. The van der Waals surface area contributed by atoms with Crippen molar-refractivity contribution in [1.29, 1.82) is 0 Å². The fourth-order valence-corrected chi connectivity index (χ4v) is 2.39. The van der Waals surface area contributed by atoms with E-state index in [2.05, 4.69) is 15.0 Å². The molecule has 1 aromatic carbocycles. The predicted molar refractivity (Wildman–Crippen MR) is 88.9 cm³/mol. The van der Waals surface area contributed by atoms with E-state index >= 15 is 0 Å². The van der Waals surface area contributed by atoms with Gasteiger partial charge in [-0.05, 0) is 24.3 Å². The minimum Gasteiger partial charge on any atom is -0.384 e. The van der Waals surface area contributed by atoms with Crippen LogP contribution in [0.4, 0.5) is 30.8 Å². The van der Waals surface area contributed by atoms with Crippen LogP contribution >= 0.6 is 0 Å². The van der Waals surface area contributed by atoms with E-state index in [4.69, 9.17) is 17.2 Å². The molecular formula is C16H13F3N6. The third-order valence-electron chi connectivity index (χ3n) is 3.49. The van der Waals surface area contributed by atoms with Crippen molar-refractivity contribution in [3.63, 3.8) is 0 Å². The highest BCUT2D eigenvalue weighted by atomic mass is 19.4. The van der Waals surface area contributed by atoms with Crippen LogP contribution in [0.2, 0.25) is 0 Å². The normalized spacial score (nSPS) is 11.5. The van der Waals surface area contributed by atoms with Gasteiger partial charge >= 0.3 is 6.18 Å². The Hall–Kier alpha value is -3.36. The third kappa shape index (κ3) is 3.30. The molecule has 9 heteroatoms. The first-order chi connectivity index (χ1) is 11.8. The molecule has 0 fully saturated rings. The molecule has 0 bridgehead atoms. The van der Waals surface area contributed by atoms with Gasteiger partial charge < -0.3 is 17.2 Å². The van der Waals surface area contributed by atoms with Crippen LogP contribution in [0.1, 0.15) is 5.56 Å². The average Bonchev–Trinajstić information content (AvgIpc) is 2.55. The number of hydrogen-bond acceptors (Lipinski definition) is 6. The van der Waals surface area contributed by atoms with Gasteiger partial charge in [0.2, 0.25) is 5.95 Å². The number of nitrogens with zero attached hydrogens (tertiary/aromatic N) is 3. The van der Waals surface area contributed by atoms with E-state index in [9.17, 15) is 13.2 Å². The Morgan fingerprint density at radius 3 is 2.28 bits per heavy atom. The van der Waals surface area contributed by atoms with Crippen molar-refractivity contribution in [2.75, 3.05) is 17.2 Å². The van der Waals surface area contributed by atoms with Crippen molar-refractivity contribution in [3.8, 4) is 22.4 Å². The SMILES string of the molecule is Nc1ccc(-c2c(N)nc(N)nc2-c2cccc(C(F)(F)F)c2)cn1. The Balaban J connectivity index is 2.24. The van der Waals surface area contributed by atoms with Crippen LogP contribution in [0.15, 0.2) is 42.6 Å². The summed E-state index contributed by atoms with van der Waals surface area (Å²) in [6.07, 6.45) is -3.04. The lowest BCUT2D eigenvalue weighted by molar-refractivity contribution is -0.137. The number of pyridine rings is 1. The Morgan fingerprint density at radius 1 is 0.880 bits per heavy atom. The summed E-state index contributed by atoms with van der Waals surface area (Å²) in [5, 5.41) is 0. The van der Waals surface area contributed by atoms with Gasteiger partial charge in [-0.15, -0.1) is 0 Å². The van der Waals surface area contributed by atoms with E-state index in [0.29, 0.717) is 16.9 Å². The number of halogens is 3. The summed E-state index contributed by atoms with van der Waals surface area (Å²) in [5.41, 5.74) is 17.6. The maximum Gasteiger partial charge on any atom is 0.416 e. The molecule has 0 radical (unpaired) electrons. The fraction of sp³-hybridized carbons (Fsp3) is 0.0625. The zero-order valence-corrected chi connectivity index (χ0v) is 12.7. The number of rotatable bonds is 2. The molecule has 2 aromatic heterocycles. The number of nitrogens with two attached hydrogens (primary N) is 3. The first kappa shape index (κ1) is 16.5. The number of benzene rings is 1. The molecular weight excluding hydrogens is 333 g/mol. The van der Waals surface area contributed by atoms with Gasteiger partial charge in [0.1, 0.15) is 11.6 Å². The molecule has 3 aromatic rings. The van der Waals surface area contributed by atoms with Crippen LogP contribution in [0, 0.1) is 0 Å². The highest BCUT2D eigenvalue weighted by Crippen LogP contribution is 2.37. The van der Waals surface area contributed by atoms with E-state index in [1.165, 1.54) is 18.3 Å². The minimum absolute atomic E-state index is 0.0338.